The summed E-state index contributed by atoms with van der Waals surface area (Å²) in [4.78, 5) is 24.9. The van der Waals surface area contributed by atoms with E-state index >= 15 is 0 Å². The molecule has 5 nitrogen and oxygen atoms in total. The van der Waals surface area contributed by atoms with Gasteiger partial charge in [-0.1, -0.05) is 0 Å². The summed E-state index contributed by atoms with van der Waals surface area (Å²) in [6.07, 6.45) is -0.288. The minimum absolute atomic E-state index is 0.239. The van der Waals surface area contributed by atoms with Gasteiger partial charge in [-0.25, -0.2) is 0 Å². The molecule has 2 rings (SSSR count). The molecule has 5 heteroatoms. The Morgan fingerprint density at radius 3 is 2.83 bits per heavy atom. The maximum atomic E-state index is 11.6. The zero-order chi connectivity index (χ0) is 13.1. The van der Waals surface area contributed by atoms with Crippen LogP contribution in [0.2, 0.25) is 0 Å². The second kappa shape index (κ2) is 4.91. The van der Waals surface area contributed by atoms with Crippen molar-refractivity contribution in [1.82, 2.24) is 4.98 Å². The van der Waals surface area contributed by atoms with Gasteiger partial charge >= 0.3 is 5.97 Å². The number of pyridine rings is 1. The van der Waals surface area contributed by atoms with Crippen molar-refractivity contribution in [2.45, 2.75) is 13.3 Å². The van der Waals surface area contributed by atoms with Crippen molar-refractivity contribution < 1.29 is 14.6 Å². The van der Waals surface area contributed by atoms with Crippen molar-refractivity contribution >= 4 is 16.9 Å². The Balaban J connectivity index is 2.52. The van der Waals surface area contributed by atoms with Crippen LogP contribution < -0.4 is 10.3 Å². The van der Waals surface area contributed by atoms with Crippen molar-refractivity contribution in [3.05, 3.63) is 40.2 Å². The second-order valence-corrected chi connectivity index (χ2v) is 3.88. The van der Waals surface area contributed by atoms with E-state index in [0.29, 0.717) is 17.9 Å². The van der Waals surface area contributed by atoms with E-state index in [1.807, 2.05) is 6.92 Å². The number of aromatic amines is 1. The molecule has 94 valence electrons. The van der Waals surface area contributed by atoms with E-state index in [-0.39, 0.29) is 17.5 Å². The monoisotopic (exact) mass is 247 g/mol. The van der Waals surface area contributed by atoms with Crippen molar-refractivity contribution in [2.75, 3.05) is 6.61 Å². The lowest BCUT2D eigenvalue weighted by atomic mass is 10.1. The molecule has 0 spiro atoms. The number of carboxylic acids is 1. The molecule has 2 N–H and O–H groups in total. The van der Waals surface area contributed by atoms with Crippen LogP contribution in [0.4, 0.5) is 0 Å². The molecule has 0 aliphatic rings. The summed E-state index contributed by atoms with van der Waals surface area (Å²) in [5.74, 6) is -0.334. The topological polar surface area (TPSA) is 79.4 Å². The molecule has 18 heavy (non-hydrogen) atoms. The summed E-state index contributed by atoms with van der Waals surface area (Å²) in [7, 11) is 0. The molecular formula is C13H13NO4. The first-order valence-electron chi connectivity index (χ1n) is 5.60. The van der Waals surface area contributed by atoms with Gasteiger partial charge in [-0.15, -0.1) is 0 Å². The van der Waals surface area contributed by atoms with Gasteiger partial charge in [0.1, 0.15) is 5.75 Å². The number of hydrogen-bond acceptors (Lipinski definition) is 3. The normalized spacial score (nSPS) is 10.5. The summed E-state index contributed by atoms with van der Waals surface area (Å²) in [5.41, 5.74) is 0.537. The van der Waals surface area contributed by atoms with Crippen LogP contribution in [0.25, 0.3) is 10.9 Å². The van der Waals surface area contributed by atoms with Crippen LogP contribution in [-0.4, -0.2) is 22.7 Å². The predicted molar refractivity (Wildman–Crippen MR) is 67.1 cm³/mol. The number of nitrogens with one attached hydrogen (secondary N) is 1. The quantitative estimate of drug-likeness (QED) is 0.859. The van der Waals surface area contributed by atoms with Gasteiger partial charge in [0, 0.05) is 16.5 Å². The average molecular weight is 247 g/mol. The zero-order valence-corrected chi connectivity index (χ0v) is 9.90. The minimum Gasteiger partial charge on any atom is -0.494 e. The number of hydrogen-bond donors (Lipinski definition) is 2. The van der Waals surface area contributed by atoms with Crippen LogP contribution >= 0.6 is 0 Å². The van der Waals surface area contributed by atoms with Crippen LogP contribution in [0.1, 0.15) is 12.5 Å². The fourth-order valence-corrected chi connectivity index (χ4v) is 1.78. The average Bonchev–Trinajstić information content (AvgIpc) is 2.30. The third-order valence-corrected chi connectivity index (χ3v) is 2.55. The molecule has 0 atom stereocenters. The van der Waals surface area contributed by atoms with Gasteiger partial charge in [0.25, 0.3) is 5.56 Å². The van der Waals surface area contributed by atoms with Gasteiger partial charge in [0.15, 0.2) is 0 Å². The smallest absolute Gasteiger partial charge is 0.308 e. The molecule has 0 radical (unpaired) electrons. The molecule has 1 heterocycles. The van der Waals surface area contributed by atoms with E-state index in [0.717, 1.165) is 5.39 Å². The van der Waals surface area contributed by atoms with Gasteiger partial charge in [-0.2, -0.15) is 0 Å². The Bertz CT molecular complexity index is 645. The third kappa shape index (κ3) is 2.51. The zero-order valence-electron chi connectivity index (χ0n) is 9.90. The molecule has 1 aromatic carbocycles. The number of carboxylic acid groups (broad SMARTS) is 1. The van der Waals surface area contributed by atoms with E-state index in [4.69, 9.17) is 9.84 Å². The molecule has 1 aromatic heterocycles. The highest BCUT2D eigenvalue weighted by Crippen LogP contribution is 2.19. The molecule has 0 unspecified atom stereocenters. The fraction of sp³-hybridized carbons (Fsp3) is 0.231. The summed E-state index contributed by atoms with van der Waals surface area (Å²) < 4.78 is 5.36. The molecule has 0 aliphatic carbocycles. The van der Waals surface area contributed by atoms with Crippen LogP contribution in [-0.2, 0) is 11.2 Å². The summed E-state index contributed by atoms with van der Waals surface area (Å²) in [6, 6.07) is 6.87. The van der Waals surface area contributed by atoms with E-state index in [2.05, 4.69) is 4.98 Å². The van der Waals surface area contributed by atoms with Crippen LogP contribution in [0.3, 0.4) is 0 Å². The Morgan fingerprint density at radius 2 is 2.17 bits per heavy atom. The first-order chi connectivity index (χ1) is 8.60. The predicted octanol–water partition coefficient (Wildman–Crippen LogP) is 1.55. The lowest BCUT2D eigenvalue weighted by Crippen LogP contribution is -2.15. The van der Waals surface area contributed by atoms with E-state index < -0.39 is 5.97 Å². The van der Waals surface area contributed by atoms with Crippen molar-refractivity contribution in [3.63, 3.8) is 0 Å². The van der Waals surface area contributed by atoms with Gasteiger partial charge in [-0.05, 0) is 31.2 Å². The van der Waals surface area contributed by atoms with E-state index in [1.54, 1.807) is 24.3 Å². The van der Waals surface area contributed by atoms with Crippen LogP contribution in [0.5, 0.6) is 5.75 Å². The molecule has 0 amide bonds. The standard InChI is InChI=1S/C13H13NO4/c1-2-18-10-3-4-11-8(6-10)5-9(7-12(15)16)13(17)14-11/h3-6H,2,7H2,1H3,(H,14,17)(H,15,16). The highest BCUT2D eigenvalue weighted by molar-refractivity contribution is 5.81. The molecule has 0 saturated heterocycles. The van der Waals surface area contributed by atoms with Crippen molar-refractivity contribution in [2.24, 2.45) is 0 Å². The molecular weight excluding hydrogens is 234 g/mol. The van der Waals surface area contributed by atoms with Gasteiger partial charge < -0.3 is 14.8 Å². The maximum Gasteiger partial charge on any atom is 0.308 e. The Hall–Kier alpha value is -2.30. The fourth-order valence-electron chi connectivity index (χ4n) is 1.78. The molecule has 0 fully saturated rings. The summed E-state index contributed by atoms with van der Waals surface area (Å²) >= 11 is 0. The first kappa shape index (κ1) is 12.2. The first-order valence-corrected chi connectivity index (χ1v) is 5.60. The molecule has 0 aliphatic heterocycles. The Morgan fingerprint density at radius 1 is 1.39 bits per heavy atom. The number of aromatic nitrogens is 1. The largest absolute Gasteiger partial charge is 0.494 e. The van der Waals surface area contributed by atoms with Crippen molar-refractivity contribution in [3.8, 4) is 5.75 Å². The number of fused-ring (bicyclic) bond motifs is 1. The molecule has 0 saturated carbocycles. The number of rotatable bonds is 4. The minimum atomic E-state index is -1.03. The van der Waals surface area contributed by atoms with Gasteiger partial charge in [0.05, 0.1) is 13.0 Å². The van der Waals surface area contributed by atoms with Gasteiger partial charge in [-0.3, -0.25) is 9.59 Å². The highest BCUT2D eigenvalue weighted by Gasteiger charge is 2.07. The number of aliphatic carboxylic acids is 1. The third-order valence-electron chi connectivity index (χ3n) is 2.55. The number of benzene rings is 1. The lowest BCUT2D eigenvalue weighted by molar-refractivity contribution is -0.136. The Kier molecular flexibility index (Phi) is 3.32. The summed E-state index contributed by atoms with van der Waals surface area (Å²) in [5, 5.41) is 9.49. The van der Waals surface area contributed by atoms with Gasteiger partial charge in [0.2, 0.25) is 0 Å². The molecule has 2 aromatic rings. The highest BCUT2D eigenvalue weighted by atomic mass is 16.5. The number of carbonyl (C=O) groups is 1. The Labute approximate surface area is 103 Å². The summed E-state index contributed by atoms with van der Waals surface area (Å²) in [6.45, 7) is 2.43. The second-order valence-electron chi connectivity index (χ2n) is 3.88. The van der Waals surface area contributed by atoms with E-state index in [1.165, 1.54) is 0 Å². The van der Waals surface area contributed by atoms with Crippen LogP contribution in [0.15, 0.2) is 29.1 Å². The number of ether oxygens (including phenoxy) is 1. The SMILES string of the molecule is CCOc1ccc2[nH]c(=O)c(CC(=O)O)cc2c1. The maximum absolute atomic E-state index is 11.6. The van der Waals surface area contributed by atoms with Crippen LogP contribution in [0, 0.1) is 0 Å². The van der Waals surface area contributed by atoms with E-state index in [9.17, 15) is 9.59 Å². The lowest BCUT2D eigenvalue weighted by Gasteiger charge is -2.05. The van der Waals surface area contributed by atoms with Crippen molar-refractivity contribution in [1.29, 1.82) is 0 Å². The molecule has 0 bridgehead atoms. The number of H-pyrrole nitrogens is 1.